The van der Waals surface area contributed by atoms with E-state index in [0.717, 1.165) is 12.6 Å². The summed E-state index contributed by atoms with van der Waals surface area (Å²) in [5, 5.41) is 10.4. The van der Waals surface area contributed by atoms with E-state index in [1.54, 1.807) is 0 Å². The van der Waals surface area contributed by atoms with Crippen LogP contribution in [-0.4, -0.2) is 18.1 Å². The second-order valence-electron chi connectivity index (χ2n) is 2.14. The van der Waals surface area contributed by atoms with Crippen molar-refractivity contribution in [3.63, 3.8) is 0 Å². The topological polar surface area (TPSA) is 49.3 Å². The van der Waals surface area contributed by atoms with Crippen LogP contribution in [0.2, 0.25) is 0 Å². The average Bonchev–Trinajstić information content (AvgIpc) is 2.05. The molecule has 1 aromatic carbocycles. The van der Waals surface area contributed by atoms with Crippen LogP contribution in [0.5, 0.6) is 0 Å². The maximum atomic E-state index is 9.00. The van der Waals surface area contributed by atoms with E-state index >= 15 is 0 Å². The zero-order valence-corrected chi connectivity index (χ0v) is 7.24. The normalized spacial score (nSPS) is 7.83. The first-order valence-electron chi connectivity index (χ1n) is 3.59. The van der Waals surface area contributed by atoms with Crippen LogP contribution >= 0.6 is 0 Å². The Morgan fingerprint density at radius 3 is 2.00 bits per heavy atom. The van der Waals surface area contributed by atoms with E-state index in [0.29, 0.717) is 0 Å². The molecular formula is C9H13NO2. The summed E-state index contributed by atoms with van der Waals surface area (Å²) in [5.74, 6) is -0.833. The molecule has 0 aliphatic rings. The second kappa shape index (κ2) is 6.22. The van der Waals surface area contributed by atoms with E-state index < -0.39 is 5.97 Å². The van der Waals surface area contributed by atoms with E-state index in [1.807, 2.05) is 37.4 Å². The molecule has 0 aromatic heterocycles. The number of carboxylic acids is 1. The summed E-state index contributed by atoms with van der Waals surface area (Å²) in [5.41, 5.74) is 1.16. The van der Waals surface area contributed by atoms with Gasteiger partial charge in [0.1, 0.15) is 0 Å². The lowest BCUT2D eigenvalue weighted by atomic mass is 10.3. The fraction of sp³-hybridized carbons (Fsp3) is 0.222. The number of hydrogen-bond acceptors (Lipinski definition) is 2. The molecule has 0 bridgehead atoms. The van der Waals surface area contributed by atoms with Crippen molar-refractivity contribution in [1.82, 2.24) is 0 Å². The number of benzene rings is 1. The zero-order chi connectivity index (χ0) is 9.40. The van der Waals surface area contributed by atoms with Gasteiger partial charge in [0, 0.05) is 19.7 Å². The first-order chi connectivity index (χ1) is 5.66. The molecule has 0 radical (unpaired) electrons. The van der Waals surface area contributed by atoms with E-state index in [2.05, 4.69) is 5.32 Å². The van der Waals surface area contributed by atoms with Gasteiger partial charge in [0.2, 0.25) is 0 Å². The molecule has 3 heteroatoms. The lowest BCUT2D eigenvalue weighted by Gasteiger charge is -1.94. The third-order valence-corrected chi connectivity index (χ3v) is 1.06. The van der Waals surface area contributed by atoms with Gasteiger partial charge in [0.05, 0.1) is 0 Å². The monoisotopic (exact) mass is 167 g/mol. The molecule has 0 saturated heterocycles. The van der Waals surface area contributed by atoms with Crippen molar-refractivity contribution in [2.45, 2.75) is 6.92 Å². The highest BCUT2D eigenvalue weighted by Crippen LogP contribution is 2.01. The Morgan fingerprint density at radius 1 is 1.33 bits per heavy atom. The molecule has 0 unspecified atom stereocenters. The molecule has 1 aromatic rings. The van der Waals surface area contributed by atoms with Gasteiger partial charge in [-0.05, 0) is 12.1 Å². The molecule has 0 fully saturated rings. The van der Waals surface area contributed by atoms with Gasteiger partial charge >= 0.3 is 0 Å². The Bertz CT molecular complexity index is 217. The van der Waals surface area contributed by atoms with Gasteiger partial charge in [-0.15, -0.1) is 0 Å². The van der Waals surface area contributed by atoms with Gasteiger partial charge in [0.15, 0.2) is 0 Å². The van der Waals surface area contributed by atoms with Crippen molar-refractivity contribution in [1.29, 1.82) is 0 Å². The van der Waals surface area contributed by atoms with Crippen molar-refractivity contribution >= 4 is 11.7 Å². The van der Waals surface area contributed by atoms with Crippen molar-refractivity contribution in [2.24, 2.45) is 0 Å². The van der Waals surface area contributed by atoms with Gasteiger partial charge < -0.3 is 10.4 Å². The molecule has 0 heterocycles. The Balaban J connectivity index is 0.000000261. The van der Waals surface area contributed by atoms with Crippen LogP contribution in [0.4, 0.5) is 5.69 Å². The molecule has 66 valence electrons. The summed E-state index contributed by atoms with van der Waals surface area (Å²) in [4.78, 5) is 9.00. The third-order valence-electron chi connectivity index (χ3n) is 1.06. The average molecular weight is 167 g/mol. The van der Waals surface area contributed by atoms with Crippen LogP contribution in [0, 0.1) is 0 Å². The SMILES string of the molecule is CC(=O)O.CNc1ccccc1. The van der Waals surface area contributed by atoms with Gasteiger partial charge in [0.25, 0.3) is 5.97 Å². The number of nitrogens with one attached hydrogen (secondary N) is 1. The predicted octanol–water partition coefficient (Wildman–Crippen LogP) is 1.82. The third kappa shape index (κ3) is 6.61. The number of hydrogen-bond donors (Lipinski definition) is 2. The van der Waals surface area contributed by atoms with E-state index in [-0.39, 0.29) is 0 Å². The van der Waals surface area contributed by atoms with Crippen LogP contribution in [-0.2, 0) is 4.79 Å². The molecule has 0 amide bonds. The Morgan fingerprint density at radius 2 is 1.75 bits per heavy atom. The maximum absolute atomic E-state index is 9.00. The summed E-state index contributed by atoms with van der Waals surface area (Å²) in [6.45, 7) is 1.08. The minimum atomic E-state index is -0.833. The summed E-state index contributed by atoms with van der Waals surface area (Å²) in [6.07, 6.45) is 0. The molecule has 1 rings (SSSR count). The molecule has 0 aliphatic carbocycles. The first kappa shape index (κ1) is 10.5. The Kier molecular flexibility index (Phi) is 5.43. The van der Waals surface area contributed by atoms with Crippen molar-refractivity contribution < 1.29 is 9.90 Å². The molecule has 0 spiro atoms. The number of rotatable bonds is 1. The van der Waals surface area contributed by atoms with Crippen molar-refractivity contribution in [3.05, 3.63) is 30.3 Å². The van der Waals surface area contributed by atoms with Crippen LogP contribution in [0.25, 0.3) is 0 Å². The van der Waals surface area contributed by atoms with Crippen LogP contribution < -0.4 is 5.32 Å². The summed E-state index contributed by atoms with van der Waals surface area (Å²) in [7, 11) is 1.91. The summed E-state index contributed by atoms with van der Waals surface area (Å²) < 4.78 is 0. The minimum Gasteiger partial charge on any atom is -0.481 e. The quantitative estimate of drug-likeness (QED) is 0.670. The first-order valence-corrected chi connectivity index (χ1v) is 3.59. The number of aliphatic carboxylic acids is 1. The standard InChI is InChI=1S/C7H9N.C2H4O2/c1-8-7-5-3-2-4-6-7;1-2(3)4/h2-6,8H,1H3;1H3,(H,3,4). The van der Waals surface area contributed by atoms with E-state index in [4.69, 9.17) is 9.90 Å². The molecule has 0 atom stereocenters. The van der Waals surface area contributed by atoms with E-state index in [9.17, 15) is 0 Å². The molecule has 0 saturated carbocycles. The fourth-order valence-corrected chi connectivity index (χ4v) is 0.605. The van der Waals surface area contributed by atoms with Crippen molar-refractivity contribution in [3.8, 4) is 0 Å². The Labute approximate surface area is 72.0 Å². The molecule has 0 aliphatic heterocycles. The predicted molar refractivity (Wildman–Crippen MR) is 49.3 cm³/mol. The van der Waals surface area contributed by atoms with Gasteiger partial charge in [-0.1, -0.05) is 18.2 Å². The maximum Gasteiger partial charge on any atom is 0.300 e. The highest BCUT2D eigenvalue weighted by atomic mass is 16.4. The molecule has 3 nitrogen and oxygen atoms in total. The van der Waals surface area contributed by atoms with Gasteiger partial charge in [-0.3, -0.25) is 4.79 Å². The minimum absolute atomic E-state index is 0.833. The number of carbonyl (C=O) groups is 1. The van der Waals surface area contributed by atoms with E-state index in [1.165, 1.54) is 0 Å². The smallest absolute Gasteiger partial charge is 0.300 e. The Hall–Kier alpha value is -1.51. The van der Waals surface area contributed by atoms with Crippen LogP contribution in [0.1, 0.15) is 6.92 Å². The lowest BCUT2D eigenvalue weighted by molar-refractivity contribution is -0.134. The highest BCUT2D eigenvalue weighted by Gasteiger charge is 1.77. The molecular weight excluding hydrogens is 154 g/mol. The summed E-state index contributed by atoms with van der Waals surface area (Å²) in [6, 6.07) is 10.1. The lowest BCUT2D eigenvalue weighted by Crippen LogP contribution is -1.84. The van der Waals surface area contributed by atoms with Gasteiger partial charge in [-0.25, -0.2) is 0 Å². The van der Waals surface area contributed by atoms with Crippen LogP contribution in [0.15, 0.2) is 30.3 Å². The molecule has 2 N–H and O–H groups in total. The van der Waals surface area contributed by atoms with Crippen LogP contribution in [0.3, 0.4) is 0 Å². The molecule has 12 heavy (non-hydrogen) atoms. The van der Waals surface area contributed by atoms with Crippen molar-refractivity contribution in [2.75, 3.05) is 12.4 Å². The fourth-order valence-electron chi connectivity index (χ4n) is 0.605. The number of para-hydroxylation sites is 1. The number of carboxylic acid groups (broad SMARTS) is 1. The second-order valence-corrected chi connectivity index (χ2v) is 2.14. The highest BCUT2D eigenvalue weighted by molar-refractivity contribution is 5.62. The largest absolute Gasteiger partial charge is 0.481 e. The number of anilines is 1. The van der Waals surface area contributed by atoms with Gasteiger partial charge in [-0.2, -0.15) is 0 Å². The zero-order valence-electron chi connectivity index (χ0n) is 7.24. The summed E-state index contributed by atoms with van der Waals surface area (Å²) >= 11 is 0.